The number of nitrogens with one attached hydrogen (secondary N) is 2. The van der Waals surface area contributed by atoms with Crippen LogP contribution in [0.15, 0.2) is 54.2 Å². The molecule has 0 atom stereocenters. The number of fused-ring (bicyclic) bond motifs is 1. The van der Waals surface area contributed by atoms with E-state index in [1.165, 1.54) is 0 Å². The zero-order chi connectivity index (χ0) is 20.4. The van der Waals surface area contributed by atoms with Crippen molar-refractivity contribution in [1.29, 1.82) is 0 Å². The third kappa shape index (κ3) is 3.76. The van der Waals surface area contributed by atoms with E-state index in [-0.39, 0.29) is 31.5 Å². The number of rotatable bonds is 6. The summed E-state index contributed by atoms with van der Waals surface area (Å²) in [5, 5.41) is 14.6. The van der Waals surface area contributed by atoms with Gasteiger partial charge >= 0.3 is 0 Å². The molecule has 0 aliphatic carbocycles. The number of aliphatic hydroxyl groups excluding tert-OH is 1. The third-order valence-corrected chi connectivity index (χ3v) is 4.37. The minimum absolute atomic E-state index is 0.0721. The average Bonchev–Trinajstić information content (AvgIpc) is 3.28. The number of anilines is 2. The minimum Gasteiger partial charge on any atom is -0.454 e. The Labute approximate surface area is 165 Å². The van der Waals surface area contributed by atoms with E-state index in [1.54, 1.807) is 42.5 Å². The minimum atomic E-state index is -0.528. The molecule has 148 valence electrons. The van der Waals surface area contributed by atoms with Gasteiger partial charge in [-0.1, -0.05) is 6.07 Å². The van der Waals surface area contributed by atoms with Crippen molar-refractivity contribution < 1.29 is 29.0 Å². The van der Waals surface area contributed by atoms with E-state index in [4.69, 9.17) is 14.6 Å². The fourth-order valence-electron chi connectivity index (χ4n) is 2.98. The molecular formula is C20H17N3O6. The van der Waals surface area contributed by atoms with Gasteiger partial charge in [0.2, 0.25) is 6.79 Å². The summed E-state index contributed by atoms with van der Waals surface area (Å²) in [5.41, 5.74) is 1.46. The molecule has 0 fully saturated rings. The van der Waals surface area contributed by atoms with Crippen LogP contribution in [0.25, 0.3) is 0 Å². The van der Waals surface area contributed by atoms with Crippen molar-refractivity contribution in [3.63, 3.8) is 0 Å². The smallest absolute Gasteiger partial charge is 0.277 e. The standard InChI is InChI=1S/C20H17N3O6/c24-7-6-23-18(25)10-15(20(23)27)21-13-3-1-2-12(8-13)19(26)22-14-4-5-16-17(9-14)29-11-28-16/h1-5,8-10,21,24H,6-7,11H2,(H,22,26). The molecule has 3 N–H and O–H groups in total. The molecule has 0 spiro atoms. The zero-order valence-corrected chi connectivity index (χ0v) is 15.2. The molecule has 0 saturated heterocycles. The number of β-amino-alcohol motifs (C(OH)–C–C–N with tert-alkyl or cyclic N) is 1. The SMILES string of the molecule is O=C(Nc1ccc2c(c1)OCO2)c1cccc(NC2=CC(=O)N(CCO)C2=O)c1. The Morgan fingerprint density at radius 1 is 1.07 bits per heavy atom. The van der Waals surface area contributed by atoms with Gasteiger partial charge in [-0.15, -0.1) is 0 Å². The summed E-state index contributed by atoms with van der Waals surface area (Å²) in [6.07, 6.45) is 1.16. The number of carbonyl (C=O) groups excluding carboxylic acids is 3. The molecule has 3 amide bonds. The largest absolute Gasteiger partial charge is 0.454 e. The Bertz CT molecular complexity index is 1030. The second-order valence-corrected chi connectivity index (χ2v) is 6.30. The summed E-state index contributed by atoms with van der Waals surface area (Å²) >= 11 is 0. The maximum atomic E-state index is 12.6. The van der Waals surface area contributed by atoms with Crippen molar-refractivity contribution >= 4 is 29.1 Å². The molecule has 2 aliphatic heterocycles. The van der Waals surface area contributed by atoms with Crippen molar-refractivity contribution in [2.45, 2.75) is 0 Å². The highest BCUT2D eigenvalue weighted by molar-refractivity contribution is 6.17. The number of nitrogens with zero attached hydrogens (tertiary/aromatic N) is 1. The lowest BCUT2D eigenvalue weighted by atomic mass is 10.1. The highest BCUT2D eigenvalue weighted by atomic mass is 16.7. The monoisotopic (exact) mass is 395 g/mol. The van der Waals surface area contributed by atoms with E-state index >= 15 is 0 Å². The molecule has 0 radical (unpaired) electrons. The van der Waals surface area contributed by atoms with Crippen LogP contribution >= 0.6 is 0 Å². The summed E-state index contributed by atoms with van der Waals surface area (Å²) in [5.74, 6) is -0.199. The predicted molar refractivity (Wildman–Crippen MR) is 102 cm³/mol. The lowest BCUT2D eigenvalue weighted by Crippen LogP contribution is -2.34. The Morgan fingerprint density at radius 3 is 2.72 bits per heavy atom. The van der Waals surface area contributed by atoms with E-state index < -0.39 is 11.8 Å². The average molecular weight is 395 g/mol. The highest BCUT2D eigenvalue weighted by Crippen LogP contribution is 2.34. The number of hydrogen-bond acceptors (Lipinski definition) is 7. The summed E-state index contributed by atoms with van der Waals surface area (Å²) in [4.78, 5) is 37.6. The summed E-state index contributed by atoms with van der Waals surface area (Å²) < 4.78 is 10.5. The number of benzene rings is 2. The molecule has 29 heavy (non-hydrogen) atoms. The van der Waals surface area contributed by atoms with Crippen LogP contribution in [-0.2, 0) is 9.59 Å². The van der Waals surface area contributed by atoms with Crippen LogP contribution < -0.4 is 20.1 Å². The normalized spacial score (nSPS) is 14.8. The van der Waals surface area contributed by atoms with Gasteiger partial charge in [-0.25, -0.2) is 0 Å². The number of hydrogen-bond donors (Lipinski definition) is 3. The number of imide groups is 1. The molecule has 9 heteroatoms. The van der Waals surface area contributed by atoms with Crippen molar-refractivity contribution in [3.8, 4) is 11.5 Å². The molecule has 0 bridgehead atoms. The zero-order valence-electron chi connectivity index (χ0n) is 15.2. The molecule has 2 heterocycles. The van der Waals surface area contributed by atoms with Gasteiger partial charge in [0.1, 0.15) is 5.70 Å². The second-order valence-electron chi connectivity index (χ2n) is 6.30. The van der Waals surface area contributed by atoms with E-state index in [0.717, 1.165) is 11.0 Å². The first kappa shape index (κ1) is 18.5. The van der Waals surface area contributed by atoms with Gasteiger partial charge in [0.05, 0.1) is 13.2 Å². The lowest BCUT2D eigenvalue weighted by Gasteiger charge is -2.13. The van der Waals surface area contributed by atoms with Crippen molar-refractivity contribution in [3.05, 3.63) is 59.8 Å². The summed E-state index contributed by atoms with van der Waals surface area (Å²) in [6, 6.07) is 11.6. The number of aliphatic hydroxyl groups is 1. The van der Waals surface area contributed by atoms with E-state index in [9.17, 15) is 14.4 Å². The number of ether oxygens (including phenoxy) is 2. The van der Waals surface area contributed by atoms with Gasteiger partial charge in [0.15, 0.2) is 11.5 Å². The molecule has 9 nitrogen and oxygen atoms in total. The molecule has 0 unspecified atom stereocenters. The van der Waals surface area contributed by atoms with Gasteiger partial charge in [0, 0.05) is 29.1 Å². The Kier molecular flexibility index (Phi) is 4.88. The highest BCUT2D eigenvalue weighted by Gasteiger charge is 2.30. The van der Waals surface area contributed by atoms with Gasteiger partial charge < -0.3 is 25.2 Å². The summed E-state index contributed by atoms with van der Waals surface area (Å²) in [6.45, 7) is -0.237. The van der Waals surface area contributed by atoms with Crippen molar-refractivity contribution in [2.75, 3.05) is 30.6 Å². The van der Waals surface area contributed by atoms with Crippen molar-refractivity contribution in [2.24, 2.45) is 0 Å². The van der Waals surface area contributed by atoms with Crippen LogP contribution in [0.2, 0.25) is 0 Å². The molecule has 0 saturated carbocycles. The van der Waals surface area contributed by atoms with Crippen LogP contribution in [0.5, 0.6) is 11.5 Å². The maximum absolute atomic E-state index is 12.6. The molecule has 2 aromatic carbocycles. The van der Waals surface area contributed by atoms with Gasteiger partial charge in [-0.05, 0) is 30.3 Å². The van der Waals surface area contributed by atoms with Crippen LogP contribution in [0, 0.1) is 0 Å². The Morgan fingerprint density at radius 2 is 1.90 bits per heavy atom. The van der Waals surface area contributed by atoms with E-state index in [0.29, 0.717) is 28.4 Å². The number of amides is 3. The molecule has 4 rings (SSSR count). The van der Waals surface area contributed by atoms with Crippen LogP contribution in [0.3, 0.4) is 0 Å². The first-order chi connectivity index (χ1) is 14.0. The van der Waals surface area contributed by atoms with Crippen LogP contribution in [0.4, 0.5) is 11.4 Å². The van der Waals surface area contributed by atoms with Gasteiger partial charge in [0.25, 0.3) is 17.7 Å². The van der Waals surface area contributed by atoms with Crippen molar-refractivity contribution in [1.82, 2.24) is 4.90 Å². The van der Waals surface area contributed by atoms with Gasteiger partial charge in [-0.3, -0.25) is 19.3 Å². The lowest BCUT2D eigenvalue weighted by molar-refractivity contribution is -0.137. The predicted octanol–water partition coefficient (Wildman–Crippen LogP) is 1.32. The molecule has 0 aromatic heterocycles. The molecule has 2 aliphatic rings. The second kappa shape index (κ2) is 7.64. The summed E-state index contributed by atoms with van der Waals surface area (Å²) in [7, 11) is 0. The first-order valence-electron chi connectivity index (χ1n) is 8.81. The topological polar surface area (TPSA) is 117 Å². The van der Waals surface area contributed by atoms with E-state index in [1.807, 2.05) is 0 Å². The molecule has 2 aromatic rings. The van der Waals surface area contributed by atoms with E-state index in [2.05, 4.69) is 10.6 Å². The fraction of sp³-hybridized carbons (Fsp3) is 0.150. The quantitative estimate of drug-likeness (QED) is 0.632. The Hall–Kier alpha value is -3.85. The fourth-order valence-corrected chi connectivity index (χ4v) is 2.98. The Balaban J connectivity index is 1.46. The maximum Gasteiger partial charge on any atom is 0.277 e. The van der Waals surface area contributed by atoms with Crippen LogP contribution in [-0.4, -0.2) is 47.7 Å². The number of carbonyl (C=O) groups is 3. The third-order valence-electron chi connectivity index (χ3n) is 4.37. The van der Waals surface area contributed by atoms with Gasteiger partial charge in [-0.2, -0.15) is 0 Å². The molecular weight excluding hydrogens is 378 g/mol. The van der Waals surface area contributed by atoms with Crippen LogP contribution in [0.1, 0.15) is 10.4 Å². The first-order valence-corrected chi connectivity index (χ1v) is 8.81.